The molecular weight excluding hydrogens is 288 g/mol. The van der Waals surface area contributed by atoms with Crippen LogP contribution in [0.4, 0.5) is 0 Å². The third-order valence-electron chi connectivity index (χ3n) is 3.25. The zero-order valence-electron chi connectivity index (χ0n) is 11.9. The van der Waals surface area contributed by atoms with Gasteiger partial charge in [-0.2, -0.15) is 0 Å². The molecule has 0 aliphatic rings. The number of hydrogen-bond acceptors (Lipinski definition) is 5. The summed E-state index contributed by atoms with van der Waals surface area (Å²) in [6.07, 6.45) is 5.54. The number of carbonyl (C=O) groups excluding carboxylic acids is 1. The number of rotatable bonds is 5. The van der Waals surface area contributed by atoms with Gasteiger partial charge in [0.1, 0.15) is 15.5 Å². The molecule has 0 unspecified atom stereocenters. The van der Waals surface area contributed by atoms with Crippen molar-refractivity contribution in [3.63, 3.8) is 0 Å². The first-order valence-electron chi connectivity index (χ1n) is 6.84. The maximum absolute atomic E-state index is 11.8. The van der Waals surface area contributed by atoms with Gasteiger partial charge in [-0.15, -0.1) is 11.3 Å². The standard InChI is InChI=1S/C14H16N4O2S/c1-3-17-6-5-15-12(17)8-18-9-16-13-10(18)7-11(21-13)14(19)20-4-2/h5-7,9H,3-4,8H2,1-2H3. The number of fused-ring (bicyclic) bond motifs is 1. The van der Waals surface area contributed by atoms with Crippen LogP contribution in [0.1, 0.15) is 29.3 Å². The second kappa shape index (κ2) is 5.69. The van der Waals surface area contributed by atoms with Crippen molar-refractivity contribution in [3.8, 4) is 0 Å². The van der Waals surface area contributed by atoms with Crippen molar-refractivity contribution < 1.29 is 9.53 Å². The Labute approximate surface area is 126 Å². The summed E-state index contributed by atoms with van der Waals surface area (Å²) in [4.78, 5) is 21.9. The van der Waals surface area contributed by atoms with Crippen LogP contribution in [0.5, 0.6) is 0 Å². The molecular formula is C14H16N4O2S. The van der Waals surface area contributed by atoms with Gasteiger partial charge >= 0.3 is 5.97 Å². The van der Waals surface area contributed by atoms with Crippen molar-refractivity contribution >= 4 is 27.7 Å². The van der Waals surface area contributed by atoms with Gasteiger partial charge < -0.3 is 13.9 Å². The summed E-state index contributed by atoms with van der Waals surface area (Å²) in [5.41, 5.74) is 0.939. The molecule has 0 radical (unpaired) electrons. The Balaban J connectivity index is 1.91. The van der Waals surface area contributed by atoms with Crippen molar-refractivity contribution in [2.24, 2.45) is 0 Å². The smallest absolute Gasteiger partial charge is 0.348 e. The molecule has 3 rings (SSSR count). The lowest BCUT2D eigenvalue weighted by Crippen LogP contribution is -2.06. The highest BCUT2D eigenvalue weighted by Gasteiger charge is 2.15. The van der Waals surface area contributed by atoms with Gasteiger partial charge in [0.25, 0.3) is 0 Å². The Morgan fingerprint density at radius 2 is 2.19 bits per heavy atom. The van der Waals surface area contributed by atoms with Crippen LogP contribution in [-0.4, -0.2) is 31.7 Å². The molecule has 0 spiro atoms. The monoisotopic (exact) mass is 304 g/mol. The van der Waals surface area contributed by atoms with Gasteiger partial charge in [-0.3, -0.25) is 0 Å². The van der Waals surface area contributed by atoms with E-state index in [0.717, 1.165) is 22.7 Å². The summed E-state index contributed by atoms with van der Waals surface area (Å²) in [5.74, 6) is 0.683. The van der Waals surface area contributed by atoms with Gasteiger partial charge in [0, 0.05) is 18.9 Å². The molecule has 0 saturated heterocycles. The van der Waals surface area contributed by atoms with E-state index in [1.54, 1.807) is 19.4 Å². The van der Waals surface area contributed by atoms with Gasteiger partial charge in [0.2, 0.25) is 0 Å². The quantitative estimate of drug-likeness (QED) is 0.680. The third-order valence-corrected chi connectivity index (χ3v) is 4.26. The Morgan fingerprint density at radius 1 is 1.33 bits per heavy atom. The van der Waals surface area contributed by atoms with Crippen LogP contribution in [0, 0.1) is 0 Å². The zero-order chi connectivity index (χ0) is 14.8. The van der Waals surface area contributed by atoms with Gasteiger partial charge in [-0.25, -0.2) is 14.8 Å². The summed E-state index contributed by atoms with van der Waals surface area (Å²) < 4.78 is 9.12. The Morgan fingerprint density at radius 3 is 2.95 bits per heavy atom. The van der Waals surface area contributed by atoms with Crippen LogP contribution in [-0.2, 0) is 17.8 Å². The summed E-state index contributed by atoms with van der Waals surface area (Å²) in [7, 11) is 0. The van der Waals surface area contributed by atoms with E-state index in [0.29, 0.717) is 18.0 Å². The van der Waals surface area contributed by atoms with E-state index in [9.17, 15) is 4.79 Å². The number of aryl methyl sites for hydroxylation is 1. The second-order valence-electron chi connectivity index (χ2n) is 4.52. The van der Waals surface area contributed by atoms with Crippen molar-refractivity contribution in [3.05, 3.63) is 35.5 Å². The predicted molar refractivity (Wildman–Crippen MR) is 80.6 cm³/mol. The minimum atomic E-state index is -0.290. The first-order chi connectivity index (χ1) is 10.2. The van der Waals surface area contributed by atoms with Gasteiger partial charge in [-0.05, 0) is 19.9 Å². The first kappa shape index (κ1) is 13.8. The van der Waals surface area contributed by atoms with E-state index < -0.39 is 0 Å². The molecule has 0 aliphatic heterocycles. The minimum Gasteiger partial charge on any atom is -0.462 e. The summed E-state index contributed by atoms with van der Waals surface area (Å²) in [5, 5.41) is 0. The van der Waals surface area contributed by atoms with Gasteiger partial charge in [0.05, 0.1) is 25.0 Å². The highest BCUT2D eigenvalue weighted by molar-refractivity contribution is 7.20. The van der Waals surface area contributed by atoms with Crippen LogP contribution >= 0.6 is 11.3 Å². The normalized spacial score (nSPS) is 11.1. The lowest BCUT2D eigenvalue weighted by molar-refractivity contribution is 0.0532. The summed E-state index contributed by atoms with van der Waals surface area (Å²) in [6.45, 7) is 5.77. The number of carbonyl (C=O) groups is 1. The number of aromatic nitrogens is 4. The number of nitrogens with zero attached hydrogens (tertiary/aromatic N) is 4. The molecule has 3 aromatic rings. The molecule has 0 amide bonds. The van der Waals surface area contributed by atoms with E-state index in [1.165, 1.54) is 11.3 Å². The average molecular weight is 304 g/mol. The fraction of sp³-hybridized carbons (Fsp3) is 0.357. The molecule has 0 bridgehead atoms. The molecule has 0 saturated carbocycles. The number of imidazole rings is 2. The maximum atomic E-state index is 11.8. The SMILES string of the molecule is CCOC(=O)c1cc2c(ncn2Cc2nccn2CC)s1. The molecule has 0 aliphatic carbocycles. The topological polar surface area (TPSA) is 61.9 Å². The molecule has 6 nitrogen and oxygen atoms in total. The Bertz CT molecular complexity index is 771. The van der Waals surface area contributed by atoms with Crippen LogP contribution in [0.3, 0.4) is 0 Å². The van der Waals surface area contributed by atoms with E-state index >= 15 is 0 Å². The number of esters is 1. The number of thiophene rings is 1. The van der Waals surface area contributed by atoms with Crippen molar-refractivity contribution in [2.75, 3.05) is 6.61 Å². The second-order valence-corrected chi connectivity index (χ2v) is 5.55. The van der Waals surface area contributed by atoms with Crippen LogP contribution in [0.25, 0.3) is 10.3 Å². The van der Waals surface area contributed by atoms with Gasteiger partial charge in [0.15, 0.2) is 0 Å². The van der Waals surface area contributed by atoms with E-state index in [4.69, 9.17) is 4.74 Å². The maximum Gasteiger partial charge on any atom is 0.348 e. The van der Waals surface area contributed by atoms with Crippen molar-refractivity contribution in [2.45, 2.75) is 26.9 Å². The molecule has 7 heteroatoms. The zero-order valence-corrected chi connectivity index (χ0v) is 12.8. The lowest BCUT2D eigenvalue weighted by Gasteiger charge is -2.05. The highest BCUT2D eigenvalue weighted by atomic mass is 32.1. The Hall–Kier alpha value is -2.15. The number of hydrogen-bond donors (Lipinski definition) is 0. The minimum absolute atomic E-state index is 0.290. The highest BCUT2D eigenvalue weighted by Crippen LogP contribution is 2.25. The molecule has 0 N–H and O–H groups in total. The number of ether oxygens (including phenoxy) is 1. The largest absolute Gasteiger partial charge is 0.462 e. The molecule has 3 aromatic heterocycles. The molecule has 21 heavy (non-hydrogen) atoms. The first-order valence-corrected chi connectivity index (χ1v) is 7.66. The van der Waals surface area contributed by atoms with Crippen LogP contribution in [0.15, 0.2) is 24.8 Å². The fourth-order valence-corrected chi connectivity index (χ4v) is 3.12. The van der Waals surface area contributed by atoms with Crippen LogP contribution in [0.2, 0.25) is 0 Å². The predicted octanol–water partition coefficient (Wildman–Crippen LogP) is 2.54. The molecule has 0 aromatic carbocycles. The summed E-state index contributed by atoms with van der Waals surface area (Å²) in [6, 6.07) is 1.84. The third kappa shape index (κ3) is 2.56. The fourth-order valence-electron chi connectivity index (χ4n) is 2.22. The van der Waals surface area contributed by atoms with Crippen molar-refractivity contribution in [1.29, 1.82) is 0 Å². The van der Waals surface area contributed by atoms with E-state index in [1.807, 2.05) is 16.8 Å². The summed E-state index contributed by atoms with van der Waals surface area (Å²) >= 11 is 1.36. The Kier molecular flexibility index (Phi) is 3.74. The van der Waals surface area contributed by atoms with Crippen LogP contribution < -0.4 is 0 Å². The molecule has 0 fully saturated rings. The molecule has 110 valence electrons. The average Bonchev–Trinajstić information content (AvgIpc) is 3.16. The molecule has 3 heterocycles. The van der Waals surface area contributed by atoms with E-state index in [2.05, 4.69) is 21.5 Å². The van der Waals surface area contributed by atoms with E-state index in [-0.39, 0.29) is 5.97 Å². The molecule has 0 atom stereocenters. The van der Waals surface area contributed by atoms with Crippen molar-refractivity contribution in [1.82, 2.24) is 19.1 Å². The van der Waals surface area contributed by atoms with Gasteiger partial charge in [-0.1, -0.05) is 0 Å². The lowest BCUT2D eigenvalue weighted by atomic mass is 10.4.